The number of nitrogens with two attached hydrogens (primary N) is 1. The Labute approximate surface area is 74.1 Å². The zero-order valence-electron chi connectivity index (χ0n) is 8.12. The van der Waals surface area contributed by atoms with Gasteiger partial charge in [0.05, 0.1) is 6.10 Å². The average Bonchev–Trinajstić information content (AvgIpc) is 2.49. The molecule has 0 spiro atoms. The van der Waals surface area contributed by atoms with Crippen LogP contribution in [0.2, 0.25) is 0 Å². The summed E-state index contributed by atoms with van der Waals surface area (Å²) in [6, 6.07) is 0.216. The molecule has 0 amide bonds. The summed E-state index contributed by atoms with van der Waals surface area (Å²) in [6.07, 6.45) is 0.801. The second kappa shape index (κ2) is 2.24. The normalized spacial score (nSPS) is 56.2. The summed E-state index contributed by atoms with van der Waals surface area (Å²) in [4.78, 5) is 0. The van der Waals surface area contributed by atoms with Gasteiger partial charge in [0.15, 0.2) is 0 Å². The molecule has 0 aromatic heterocycles. The molecule has 2 nitrogen and oxygen atoms in total. The number of fused-ring (bicyclic) bond motifs is 1. The van der Waals surface area contributed by atoms with Gasteiger partial charge in [-0.15, -0.1) is 0 Å². The van der Waals surface area contributed by atoms with Crippen molar-refractivity contribution in [3.8, 4) is 0 Å². The summed E-state index contributed by atoms with van der Waals surface area (Å²) in [6.45, 7) is 6.61. The molecule has 0 aromatic carbocycles. The van der Waals surface area contributed by atoms with Crippen LogP contribution >= 0.6 is 0 Å². The molecular formula is C10H19NO. The quantitative estimate of drug-likeness (QED) is 0.568. The highest BCUT2D eigenvalue weighted by molar-refractivity contribution is 5.14. The third-order valence-corrected chi connectivity index (χ3v) is 4.26. The van der Waals surface area contributed by atoms with Crippen LogP contribution in [0.4, 0.5) is 0 Å². The minimum Gasteiger partial charge on any atom is -0.393 e. The Balaban J connectivity index is 2.16. The van der Waals surface area contributed by atoms with E-state index in [0.717, 1.165) is 6.42 Å². The molecule has 2 aliphatic carbocycles. The number of aliphatic hydroxyl groups excluding tert-OH is 1. The zero-order chi connectivity index (χ0) is 9.09. The van der Waals surface area contributed by atoms with Crippen molar-refractivity contribution in [2.45, 2.75) is 39.3 Å². The lowest BCUT2D eigenvalue weighted by Gasteiger charge is -2.29. The van der Waals surface area contributed by atoms with Gasteiger partial charge in [-0.25, -0.2) is 0 Å². The lowest BCUT2D eigenvalue weighted by molar-refractivity contribution is 0.0622. The average molecular weight is 169 g/mol. The van der Waals surface area contributed by atoms with E-state index >= 15 is 0 Å². The first-order valence-electron chi connectivity index (χ1n) is 4.90. The predicted molar refractivity (Wildman–Crippen MR) is 48.5 cm³/mol. The fourth-order valence-electron chi connectivity index (χ4n) is 3.06. The minimum atomic E-state index is -0.164. The molecule has 0 aliphatic heterocycles. The zero-order valence-corrected chi connectivity index (χ0v) is 8.12. The maximum atomic E-state index is 9.70. The van der Waals surface area contributed by atoms with Gasteiger partial charge in [-0.05, 0) is 29.6 Å². The standard InChI is InChI=1S/C10H19NO/c1-5-7(12)4-6-8(9(5)11)10(6,2)3/h5-9,12H,4,11H2,1-3H3/t5-,6+,7+,8+,9+/m0/s1. The molecule has 0 unspecified atom stereocenters. The van der Waals surface area contributed by atoms with E-state index in [1.54, 1.807) is 0 Å². The first-order chi connectivity index (χ1) is 5.46. The van der Waals surface area contributed by atoms with Crippen LogP contribution in [0.1, 0.15) is 27.2 Å². The van der Waals surface area contributed by atoms with E-state index in [-0.39, 0.29) is 18.1 Å². The third-order valence-electron chi connectivity index (χ3n) is 4.26. The largest absolute Gasteiger partial charge is 0.393 e. The SMILES string of the molecule is C[C@@H]1[C@@H](N)[C@H]2[C@@H](C[C@H]1O)C2(C)C. The summed E-state index contributed by atoms with van der Waals surface area (Å²) in [7, 11) is 0. The van der Waals surface area contributed by atoms with Crippen LogP contribution in [0.3, 0.4) is 0 Å². The van der Waals surface area contributed by atoms with Crippen LogP contribution in [-0.4, -0.2) is 17.3 Å². The summed E-state index contributed by atoms with van der Waals surface area (Å²) >= 11 is 0. The number of aliphatic hydroxyl groups is 1. The van der Waals surface area contributed by atoms with Crippen LogP contribution in [0, 0.1) is 23.2 Å². The first kappa shape index (κ1) is 8.52. The molecule has 2 fully saturated rings. The molecule has 70 valence electrons. The molecule has 0 heterocycles. The molecule has 5 atom stereocenters. The second-order valence-electron chi connectivity index (χ2n) is 5.19. The van der Waals surface area contributed by atoms with Gasteiger partial charge in [-0.3, -0.25) is 0 Å². The number of hydrogen-bond donors (Lipinski definition) is 2. The Morgan fingerprint density at radius 1 is 1.42 bits per heavy atom. The van der Waals surface area contributed by atoms with Crippen molar-refractivity contribution in [2.75, 3.05) is 0 Å². The molecule has 0 aromatic rings. The molecule has 0 saturated heterocycles. The summed E-state index contributed by atoms with van der Waals surface area (Å²) in [5.74, 6) is 1.63. The van der Waals surface area contributed by atoms with Crippen LogP contribution in [0.5, 0.6) is 0 Å². The Kier molecular flexibility index (Phi) is 1.59. The van der Waals surface area contributed by atoms with Gasteiger partial charge in [0.2, 0.25) is 0 Å². The van der Waals surface area contributed by atoms with Crippen molar-refractivity contribution < 1.29 is 5.11 Å². The van der Waals surface area contributed by atoms with Crippen molar-refractivity contribution >= 4 is 0 Å². The molecular weight excluding hydrogens is 150 g/mol. The Morgan fingerprint density at radius 2 is 2.00 bits per heavy atom. The Hall–Kier alpha value is -0.0800. The molecule has 0 bridgehead atoms. The lowest BCUT2D eigenvalue weighted by atomic mass is 9.84. The summed E-state index contributed by atoms with van der Waals surface area (Å²) in [5.41, 5.74) is 6.46. The topological polar surface area (TPSA) is 46.2 Å². The fourth-order valence-corrected chi connectivity index (χ4v) is 3.06. The second-order valence-corrected chi connectivity index (χ2v) is 5.19. The maximum Gasteiger partial charge on any atom is 0.0583 e. The van der Waals surface area contributed by atoms with Gasteiger partial charge >= 0.3 is 0 Å². The van der Waals surface area contributed by atoms with Crippen LogP contribution in [-0.2, 0) is 0 Å². The van der Waals surface area contributed by atoms with Gasteiger partial charge in [-0.2, -0.15) is 0 Å². The highest BCUT2D eigenvalue weighted by Gasteiger charge is 2.64. The van der Waals surface area contributed by atoms with E-state index in [2.05, 4.69) is 20.8 Å². The third kappa shape index (κ3) is 0.882. The molecule has 2 saturated carbocycles. The van der Waals surface area contributed by atoms with Gasteiger partial charge < -0.3 is 10.8 Å². The molecule has 3 N–H and O–H groups in total. The molecule has 2 aliphatic rings. The van der Waals surface area contributed by atoms with E-state index < -0.39 is 0 Å². The van der Waals surface area contributed by atoms with Crippen LogP contribution in [0.15, 0.2) is 0 Å². The predicted octanol–water partition coefficient (Wildman–Crippen LogP) is 0.987. The van der Waals surface area contributed by atoms with Crippen molar-refractivity contribution in [1.29, 1.82) is 0 Å². The molecule has 12 heavy (non-hydrogen) atoms. The van der Waals surface area contributed by atoms with Gasteiger partial charge in [-0.1, -0.05) is 20.8 Å². The first-order valence-corrected chi connectivity index (χ1v) is 4.90. The van der Waals surface area contributed by atoms with Crippen LogP contribution < -0.4 is 5.73 Å². The summed E-state index contributed by atoms with van der Waals surface area (Å²) in [5, 5.41) is 9.70. The smallest absolute Gasteiger partial charge is 0.0583 e. The van der Waals surface area contributed by atoms with Gasteiger partial charge in [0, 0.05) is 6.04 Å². The van der Waals surface area contributed by atoms with E-state index in [1.807, 2.05) is 0 Å². The van der Waals surface area contributed by atoms with Crippen molar-refractivity contribution in [2.24, 2.45) is 28.9 Å². The molecule has 2 heteroatoms. The van der Waals surface area contributed by atoms with Gasteiger partial charge in [0.1, 0.15) is 0 Å². The van der Waals surface area contributed by atoms with E-state index in [9.17, 15) is 5.11 Å². The Morgan fingerprint density at radius 3 is 2.58 bits per heavy atom. The maximum absolute atomic E-state index is 9.70. The monoisotopic (exact) mass is 169 g/mol. The molecule has 2 rings (SSSR count). The van der Waals surface area contributed by atoms with Crippen molar-refractivity contribution in [3.05, 3.63) is 0 Å². The van der Waals surface area contributed by atoms with E-state index in [1.165, 1.54) is 0 Å². The minimum absolute atomic E-state index is 0.164. The number of hydrogen-bond acceptors (Lipinski definition) is 2. The van der Waals surface area contributed by atoms with E-state index in [4.69, 9.17) is 5.73 Å². The number of rotatable bonds is 0. The lowest BCUT2D eigenvalue weighted by Crippen LogP contribution is -2.42. The highest BCUT2D eigenvalue weighted by Crippen LogP contribution is 2.65. The highest BCUT2D eigenvalue weighted by atomic mass is 16.3. The molecule has 0 radical (unpaired) electrons. The van der Waals surface area contributed by atoms with Crippen molar-refractivity contribution in [3.63, 3.8) is 0 Å². The van der Waals surface area contributed by atoms with Crippen molar-refractivity contribution in [1.82, 2.24) is 0 Å². The van der Waals surface area contributed by atoms with Gasteiger partial charge in [0.25, 0.3) is 0 Å². The fraction of sp³-hybridized carbons (Fsp3) is 1.00. The Bertz CT molecular complexity index is 202. The van der Waals surface area contributed by atoms with Crippen LogP contribution in [0.25, 0.3) is 0 Å². The summed E-state index contributed by atoms with van der Waals surface area (Å²) < 4.78 is 0. The van der Waals surface area contributed by atoms with E-state index in [0.29, 0.717) is 17.3 Å².